The monoisotopic (exact) mass is 389 g/mol. The van der Waals surface area contributed by atoms with Crippen LogP contribution in [0.5, 0.6) is 0 Å². The lowest BCUT2D eigenvalue weighted by Gasteiger charge is -2.05. The van der Waals surface area contributed by atoms with E-state index in [9.17, 15) is 13.2 Å². The minimum Gasteiger partial charge on any atom is -0.407 e. The van der Waals surface area contributed by atoms with Gasteiger partial charge < -0.3 is 4.42 Å². The zero-order valence-electron chi connectivity index (χ0n) is 13.7. The summed E-state index contributed by atoms with van der Waals surface area (Å²) < 4.78 is 29.9. The maximum Gasteiger partial charge on any atom is 0.322 e. The average molecular weight is 389 g/mol. The molecule has 1 N–H and O–H groups in total. The molecular formula is C17H15N3O4S2. The highest BCUT2D eigenvalue weighted by molar-refractivity contribution is 7.98. The molecule has 3 aromatic rings. The van der Waals surface area contributed by atoms with Gasteiger partial charge in [-0.3, -0.25) is 10.1 Å². The van der Waals surface area contributed by atoms with E-state index < -0.39 is 21.5 Å². The standard InChI is InChI=1S/C17H15N3O4S2/c1-25-14-10-6-5-9-13(14)16(21)18-17-20-19-15(24-17)11-26(22,23)12-7-3-2-4-8-12/h2-10H,11H2,1H3,(H,18,20,21). The number of carbonyl (C=O) groups is 1. The molecule has 0 saturated heterocycles. The van der Waals surface area contributed by atoms with Crippen LogP contribution in [-0.4, -0.2) is 30.8 Å². The topological polar surface area (TPSA) is 102 Å². The van der Waals surface area contributed by atoms with Gasteiger partial charge in [-0.1, -0.05) is 35.4 Å². The van der Waals surface area contributed by atoms with E-state index in [1.54, 1.807) is 30.3 Å². The van der Waals surface area contributed by atoms with Crippen LogP contribution < -0.4 is 5.32 Å². The molecule has 0 fully saturated rings. The Morgan fingerprint density at radius 2 is 1.77 bits per heavy atom. The predicted octanol–water partition coefficient (Wildman–Crippen LogP) is 3.02. The number of thioether (sulfide) groups is 1. The molecule has 1 heterocycles. The van der Waals surface area contributed by atoms with Gasteiger partial charge in [-0.25, -0.2) is 8.42 Å². The number of aromatic nitrogens is 2. The summed E-state index contributed by atoms with van der Waals surface area (Å²) in [5.41, 5.74) is 0.469. The molecule has 0 saturated carbocycles. The van der Waals surface area contributed by atoms with Gasteiger partial charge >= 0.3 is 6.01 Å². The van der Waals surface area contributed by atoms with Gasteiger partial charge in [-0.2, -0.15) is 0 Å². The minimum absolute atomic E-state index is 0.0951. The van der Waals surface area contributed by atoms with Crippen LogP contribution in [0.1, 0.15) is 16.2 Å². The smallest absolute Gasteiger partial charge is 0.322 e. The Bertz CT molecular complexity index is 1020. The molecule has 0 aliphatic heterocycles. The number of hydrogen-bond donors (Lipinski definition) is 1. The van der Waals surface area contributed by atoms with Gasteiger partial charge in [0.15, 0.2) is 9.84 Å². The fourth-order valence-electron chi connectivity index (χ4n) is 2.23. The van der Waals surface area contributed by atoms with Crippen molar-refractivity contribution in [2.24, 2.45) is 0 Å². The lowest BCUT2D eigenvalue weighted by atomic mass is 10.2. The van der Waals surface area contributed by atoms with E-state index >= 15 is 0 Å². The van der Waals surface area contributed by atoms with E-state index in [1.807, 2.05) is 18.4 Å². The second-order valence-electron chi connectivity index (χ2n) is 5.23. The first-order valence-electron chi connectivity index (χ1n) is 7.54. The highest BCUT2D eigenvalue weighted by atomic mass is 32.2. The zero-order chi connectivity index (χ0) is 18.6. The van der Waals surface area contributed by atoms with Crippen molar-refractivity contribution in [2.45, 2.75) is 15.5 Å². The van der Waals surface area contributed by atoms with E-state index in [-0.39, 0.29) is 16.8 Å². The van der Waals surface area contributed by atoms with Gasteiger partial charge in [0.2, 0.25) is 5.89 Å². The normalized spacial score (nSPS) is 11.3. The number of amides is 1. The van der Waals surface area contributed by atoms with E-state index in [2.05, 4.69) is 15.5 Å². The van der Waals surface area contributed by atoms with E-state index in [0.717, 1.165) is 4.90 Å². The summed E-state index contributed by atoms with van der Waals surface area (Å²) in [6.45, 7) is 0. The van der Waals surface area contributed by atoms with Crippen molar-refractivity contribution < 1.29 is 17.6 Å². The molecule has 7 nitrogen and oxygen atoms in total. The van der Waals surface area contributed by atoms with Crippen LogP contribution in [0, 0.1) is 0 Å². The molecule has 3 rings (SSSR count). The van der Waals surface area contributed by atoms with Crippen molar-refractivity contribution in [3.63, 3.8) is 0 Å². The van der Waals surface area contributed by atoms with Crippen molar-refractivity contribution in [1.82, 2.24) is 10.2 Å². The number of rotatable bonds is 6. The molecule has 0 spiro atoms. The summed E-state index contributed by atoms with van der Waals surface area (Å²) in [5, 5.41) is 9.89. The van der Waals surface area contributed by atoms with Gasteiger partial charge in [0.25, 0.3) is 5.91 Å². The molecule has 26 heavy (non-hydrogen) atoms. The summed E-state index contributed by atoms with van der Waals surface area (Å²) in [6.07, 6.45) is 1.87. The Morgan fingerprint density at radius 1 is 1.08 bits per heavy atom. The number of nitrogens with one attached hydrogen (secondary N) is 1. The Labute approximate surface area is 154 Å². The van der Waals surface area contributed by atoms with Crippen LogP contribution >= 0.6 is 11.8 Å². The van der Waals surface area contributed by atoms with E-state index in [4.69, 9.17) is 4.42 Å². The molecule has 1 aromatic heterocycles. The Kier molecular flexibility index (Phi) is 5.38. The Hall–Kier alpha value is -2.65. The van der Waals surface area contributed by atoms with Gasteiger partial charge in [-0.15, -0.1) is 16.9 Å². The van der Waals surface area contributed by atoms with Crippen LogP contribution in [0.3, 0.4) is 0 Å². The Morgan fingerprint density at radius 3 is 2.50 bits per heavy atom. The van der Waals surface area contributed by atoms with Crippen LogP contribution in [0.25, 0.3) is 0 Å². The molecule has 0 unspecified atom stereocenters. The van der Waals surface area contributed by atoms with E-state index in [0.29, 0.717) is 5.56 Å². The van der Waals surface area contributed by atoms with Crippen LogP contribution in [0.15, 0.2) is 68.8 Å². The molecule has 0 aliphatic carbocycles. The largest absolute Gasteiger partial charge is 0.407 e. The van der Waals surface area contributed by atoms with Crippen molar-refractivity contribution in [1.29, 1.82) is 0 Å². The number of carbonyl (C=O) groups excluding carboxylic acids is 1. The average Bonchev–Trinajstić information content (AvgIpc) is 3.08. The third kappa shape index (κ3) is 4.12. The zero-order valence-corrected chi connectivity index (χ0v) is 15.4. The van der Waals surface area contributed by atoms with Crippen LogP contribution in [0.4, 0.5) is 6.01 Å². The van der Waals surface area contributed by atoms with Crippen molar-refractivity contribution in [2.75, 3.05) is 11.6 Å². The molecule has 0 aliphatic rings. The maximum absolute atomic E-state index is 12.3. The quantitative estimate of drug-likeness (QED) is 0.647. The third-order valence-corrected chi connectivity index (χ3v) is 5.87. The summed E-state index contributed by atoms with van der Waals surface area (Å²) >= 11 is 1.44. The summed E-state index contributed by atoms with van der Waals surface area (Å²) in [6, 6.07) is 14.9. The SMILES string of the molecule is CSc1ccccc1C(=O)Nc1nnc(CS(=O)(=O)c2ccccc2)o1. The molecular weight excluding hydrogens is 374 g/mol. The first-order valence-corrected chi connectivity index (χ1v) is 10.4. The minimum atomic E-state index is -3.60. The fourth-order valence-corrected chi connectivity index (χ4v) is 4.01. The van der Waals surface area contributed by atoms with Crippen molar-refractivity contribution >= 4 is 33.5 Å². The number of benzene rings is 2. The van der Waals surface area contributed by atoms with Gasteiger partial charge in [0.1, 0.15) is 5.75 Å². The molecule has 0 bridgehead atoms. The van der Waals surface area contributed by atoms with Crippen molar-refractivity contribution in [3.05, 3.63) is 66.1 Å². The van der Waals surface area contributed by atoms with Crippen molar-refractivity contribution in [3.8, 4) is 0 Å². The number of sulfone groups is 1. The summed E-state index contributed by atoms with van der Waals surface area (Å²) in [7, 11) is -3.60. The molecule has 2 aromatic carbocycles. The lowest BCUT2D eigenvalue weighted by molar-refractivity contribution is 0.102. The molecule has 9 heteroatoms. The van der Waals surface area contributed by atoms with E-state index in [1.165, 1.54) is 23.9 Å². The number of hydrogen-bond acceptors (Lipinski definition) is 7. The predicted molar refractivity (Wildman–Crippen MR) is 97.8 cm³/mol. The fraction of sp³-hybridized carbons (Fsp3) is 0.118. The molecule has 1 amide bonds. The second kappa shape index (κ2) is 7.71. The molecule has 134 valence electrons. The highest BCUT2D eigenvalue weighted by Gasteiger charge is 2.20. The summed E-state index contributed by atoms with van der Waals surface area (Å²) in [5.74, 6) is -0.945. The van der Waals surface area contributed by atoms with Gasteiger partial charge in [0, 0.05) is 4.90 Å². The second-order valence-corrected chi connectivity index (χ2v) is 8.07. The summed E-state index contributed by atoms with van der Waals surface area (Å²) in [4.78, 5) is 13.3. The van der Waals surface area contributed by atoms with Gasteiger partial charge in [-0.05, 0) is 30.5 Å². The number of anilines is 1. The molecule has 0 radical (unpaired) electrons. The third-order valence-electron chi connectivity index (χ3n) is 3.45. The first-order chi connectivity index (χ1) is 12.5. The maximum atomic E-state index is 12.3. The van der Waals surface area contributed by atoms with Gasteiger partial charge in [0.05, 0.1) is 10.5 Å². The van der Waals surface area contributed by atoms with Crippen LogP contribution in [0.2, 0.25) is 0 Å². The molecule has 0 atom stereocenters. The lowest BCUT2D eigenvalue weighted by Crippen LogP contribution is -2.13. The first kappa shape index (κ1) is 18.2. The number of nitrogens with zero attached hydrogens (tertiary/aromatic N) is 2. The highest BCUT2D eigenvalue weighted by Crippen LogP contribution is 2.21. The Balaban J connectivity index is 1.73. The van der Waals surface area contributed by atoms with Crippen LogP contribution in [-0.2, 0) is 15.6 Å².